The molecule has 0 bridgehead atoms. The van der Waals surface area contributed by atoms with E-state index >= 15 is 0 Å². The van der Waals surface area contributed by atoms with Gasteiger partial charge >= 0.3 is 5.97 Å². The van der Waals surface area contributed by atoms with Crippen LogP contribution in [-0.4, -0.2) is 16.7 Å². The van der Waals surface area contributed by atoms with Gasteiger partial charge in [0.1, 0.15) is 0 Å². The van der Waals surface area contributed by atoms with Gasteiger partial charge in [0.15, 0.2) is 0 Å². The molecule has 0 aromatic rings. The van der Waals surface area contributed by atoms with E-state index in [1.165, 1.54) is 0 Å². The van der Waals surface area contributed by atoms with Gasteiger partial charge in [-0.25, -0.2) is 0 Å². The second-order valence-electron chi connectivity index (χ2n) is 1.55. The molecule has 1 unspecified atom stereocenters. The fourth-order valence-electron chi connectivity index (χ4n) is 0.135. The van der Waals surface area contributed by atoms with Crippen molar-refractivity contribution in [2.45, 2.75) is 12.6 Å². The molecule has 54 valence electrons. The smallest absolute Gasteiger partial charge is 0.311 e. The Morgan fingerprint density at radius 1 is 1.67 bits per heavy atom. The summed E-state index contributed by atoms with van der Waals surface area (Å²) in [6.45, 7) is 0.836. The van der Waals surface area contributed by atoms with Crippen LogP contribution in [0.15, 0.2) is 0 Å². The van der Waals surface area contributed by atoms with Crippen molar-refractivity contribution in [2.24, 2.45) is 0 Å². The van der Waals surface area contributed by atoms with Crippen LogP contribution in [0.25, 0.3) is 0 Å². The molecular formula is C3H5O5P-2. The van der Waals surface area contributed by atoms with E-state index in [4.69, 9.17) is 5.11 Å². The van der Waals surface area contributed by atoms with E-state index in [-0.39, 0.29) is 0 Å². The highest BCUT2D eigenvalue weighted by molar-refractivity contribution is 7.50. The molecule has 0 saturated heterocycles. The van der Waals surface area contributed by atoms with Crippen molar-refractivity contribution in [3.63, 3.8) is 0 Å². The molecule has 0 aromatic carbocycles. The Balaban J connectivity index is 4.23. The topological polar surface area (TPSA) is 100 Å². The molecule has 0 spiro atoms. The summed E-state index contributed by atoms with van der Waals surface area (Å²) in [5.41, 5.74) is -1.82. The number of carboxylic acid groups (broad SMARTS) is 1. The first-order chi connectivity index (χ1) is 3.85. The van der Waals surface area contributed by atoms with Crippen molar-refractivity contribution >= 4 is 13.6 Å². The summed E-state index contributed by atoms with van der Waals surface area (Å²) in [5.74, 6) is -1.61. The highest BCUT2D eigenvalue weighted by Gasteiger charge is 2.13. The third-order valence-electron chi connectivity index (χ3n) is 0.832. The quantitative estimate of drug-likeness (QED) is 0.479. The number of hydrogen-bond acceptors (Lipinski definition) is 4. The standard InChI is InChI=1S/C3H7O5P/c1-2(3(4)5)9(6,7)8/h2H,1H3,(H,4,5)(H2,6,7,8)/p-2. The number of rotatable bonds is 2. The summed E-state index contributed by atoms with van der Waals surface area (Å²) in [4.78, 5) is 29.5. The second-order valence-corrected chi connectivity index (χ2v) is 3.41. The number of carbonyl (C=O) groups is 1. The minimum atomic E-state index is -4.91. The Morgan fingerprint density at radius 3 is 2.00 bits per heavy atom. The summed E-state index contributed by atoms with van der Waals surface area (Å²) < 4.78 is 9.86. The average Bonchev–Trinajstić information content (AvgIpc) is 1.62. The summed E-state index contributed by atoms with van der Waals surface area (Å²) in [7, 11) is -4.91. The van der Waals surface area contributed by atoms with Crippen LogP contribution in [0.2, 0.25) is 0 Å². The van der Waals surface area contributed by atoms with Crippen LogP contribution < -0.4 is 9.79 Å². The van der Waals surface area contributed by atoms with Crippen molar-refractivity contribution in [1.82, 2.24) is 0 Å². The Bertz CT molecular complexity index is 158. The zero-order valence-electron chi connectivity index (χ0n) is 4.60. The Kier molecular flexibility index (Phi) is 2.37. The van der Waals surface area contributed by atoms with Gasteiger partial charge < -0.3 is 19.5 Å². The van der Waals surface area contributed by atoms with E-state index in [0.29, 0.717) is 0 Å². The molecule has 0 fully saturated rings. The molecule has 0 heterocycles. The van der Waals surface area contributed by atoms with E-state index in [0.717, 1.165) is 6.92 Å². The normalized spacial score (nSPS) is 15.0. The van der Waals surface area contributed by atoms with Crippen LogP contribution >= 0.6 is 7.60 Å². The van der Waals surface area contributed by atoms with Gasteiger partial charge in [-0.05, 0) is 6.92 Å². The van der Waals surface area contributed by atoms with Gasteiger partial charge in [0.2, 0.25) is 0 Å². The summed E-state index contributed by atoms with van der Waals surface area (Å²) in [6.07, 6.45) is 0. The number of hydrogen-bond donors (Lipinski definition) is 1. The van der Waals surface area contributed by atoms with Gasteiger partial charge in [-0.3, -0.25) is 4.79 Å². The summed E-state index contributed by atoms with van der Waals surface area (Å²) in [6, 6.07) is 0. The highest BCUT2D eigenvalue weighted by Crippen LogP contribution is 2.30. The molecule has 9 heavy (non-hydrogen) atoms. The van der Waals surface area contributed by atoms with Gasteiger partial charge in [0.25, 0.3) is 0 Å². The monoisotopic (exact) mass is 152 g/mol. The SMILES string of the molecule is CC(C(=O)O)P(=O)([O-])[O-]. The highest BCUT2D eigenvalue weighted by atomic mass is 31.2. The molecule has 1 atom stereocenters. The first-order valence-electron chi connectivity index (χ1n) is 2.10. The summed E-state index contributed by atoms with van der Waals surface area (Å²) >= 11 is 0. The lowest BCUT2D eigenvalue weighted by Gasteiger charge is -2.32. The molecule has 0 radical (unpaired) electrons. The van der Waals surface area contributed by atoms with Crippen molar-refractivity contribution in [2.75, 3.05) is 0 Å². The molecule has 6 heteroatoms. The molecule has 0 aliphatic heterocycles. The minimum absolute atomic E-state index is 0.836. The molecule has 0 aliphatic rings. The molecular weight excluding hydrogens is 147 g/mol. The van der Waals surface area contributed by atoms with Gasteiger partial charge in [-0.1, -0.05) is 7.60 Å². The second kappa shape index (κ2) is 2.47. The minimum Gasteiger partial charge on any atom is -0.810 e. The van der Waals surface area contributed by atoms with Crippen LogP contribution in [-0.2, 0) is 9.36 Å². The van der Waals surface area contributed by atoms with E-state index in [9.17, 15) is 19.1 Å². The van der Waals surface area contributed by atoms with Crippen LogP contribution in [0.3, 0.4) is 0 Å². The maximum Gasteiger partial charge on any atom is 0.311 e. The summed E-state index contributed by atoms with van der Waals surface area (Å²) in [5, 5.41) is 7.95. The lowest BCUT2D eigenvalue weighted by molar-refractivity contribution is -0.315. The van der Waals surface area contributed by atoms with E-state index in [2.05, 4.69) is 0 Å². The van der Waals surface area contributed by atoms with E-state index in [1.807, 2.05) is 0 Å². The average molecular weight is 152 g/mol. The van der Waals surface area contributed by atoms with Gasteiger partial charge in [-0.15, -0.1) is 0 Å². The maximum absolute atomic E-state index is 9.86. The van der Waals surface area contributed by atoms with Crippen molar-refractivity contribution in [3.8, 4) is 0 Å². The fourth-order valence-corrected chi connectivity index (χ4v) is 0.406. The number of carboxylic acids is 1. The van der Waals surface area contributed by atoms with E-state index in [1.54, 1.807) is 0 Å². The zero-order valence-corrected chi connectivity index (χ0v) is 5.50. The predicted molar refractivity (Wildman–Crippen MR) is 24.7 cm³/mol. The molecule has 1 N–H and O–H groups in total. The maximum atomic E-state index is 9.86. The molecule has 0 saturated carbocycles. The lowest BCUT2D eigenvalue weighted by Crippen LogP contribution is -2.29. The predicted octanol–water partition coefficient (Wildman–Crippen LogP) is -1.63. The zero-order chi connectivity index (χ0) is 7.65. The molecule has 0 rings (SSSR count). The number of aliphatic carboxylic acids is 1. The van der Waals surface area contributed by atoms with Gasteiger partial charge in [0.05, 0.1) is 5.66 Å². The Hall–Kier alpha value is -0.380. The van der Waals surface area contributed by atoms with E-state index < -0.39 is 19.2 Å². The van der Waals surface area contributed by atoms with Crippen molar-refractivity contribution in [1.29, 1.82) is 0 Å². The van der Waals surface area contributed by atoms with Crippen LogP contribution in [0.5, 0.6) is 0 Å². The lowest BCUT2D eigenvalue weighted by atomic mass is 10.5. The molecule has 0 aromatic heterocycles. The van der Waals surface area contributed by atoms with Crippen LogP contribution in [0.1, 0.15) is 6.92 Å². The van der Waals surface area contributed by atoms with Crippen molar-refractivity contribution in [3.05, 3.63) is 0 Å². The molecule has 0 aliphatic carbocycles. The fraction of sp³-hybridized carbons (Fsp3) is 0.667. The first kappa shape index (κ1) is 8.62. The third-order valence-corrected chi connectivity index (χ3v) is 2.00. The molecule has 5 nitrogen and oxygen atoms in total. The third kappa shape index (κ3) is 2.60. The van der Waals surface area contributed by atoms with Gasteiger partial charge in [0, 0.05) is 0 Å². The van der Waals surface area contributed by atoms with Crippen molar-refractivity contribution < 1.29 is 24.3 Å². The van der Waals surface area contributed by atoms with Crippen LogP contribution in [0, 0.1) is 0 Å². The Morgan fingerprint density at radius 2 is 2.00 bits per heavy atom. The largest absolute Gasteiger partial charge is 0.810 e. The van der Waals surface area contributed by atoms with Gasteiger partial charge in [-0.2, -0.15) is 0 Å². The Labute approximate surface area is 51.5 Å². The van der Waals surface area contributed by atoms with Crippen LogP contribution in [0.4, 0.5) is 0 Å². The molecule has 0 amide bonds. The first-order valence-corrected chi connectivity index (χ1v) is 3.71.